The second-order valence-corrected chi connectivity index (χ2v) is 7.69. The van der Waals surface area contributed by atoms with Crippen LogP contribution in [-0.4, -0.2) is 16.3 Å². The molecule has 7 heteroatoms. The number of thiocarbonyl (C=S) groups is 2. The van der Waals surface area contributed by atoms with E-state index < -0.39 is 0 Å². The van der Waals surface area contributed by atoms with Gasteiger partial charge in [-0.15, -0.1) is 0 Å². The summed E-state index contributed by atoms with van der Waals surface area (Å²) in [7, 11) is 0. The highest BCUT2D eigenvalue weighted by Crippen LogP contribution is 2.29. The summed E-state index contributed by atoms with van der Waals surface area (Å²) in [5, 5.41) is 8.20. The van der Waals surface area contributed by atoms with Gasteiger partial charge < -0.3 is 10.6 Å². The van der Waals surface area contributed by atoms with Crippen molar-refractivity contribution in [3.63, 3.8) is 0 Å². The van der Waals surface area contributed by atoms with Crippen LogP contribution in [0, 0.1) is 18.8 Å². The van der Waals surface area contributed by atoms with Crippen LogP contribution in [0.1, 0.15) is 38.7 Å². The predicted octanol–water partition coefficient (Wildman–Crippen LogP) is 4.14. The summed E-state index contributed by atoms with van der Waals surface area (Å²) in [4.78, 5) is 0. The third-order valence-corrected chi connectivity index (χ3v) is 5.66. The number of nitrogens with one attached hydrogen (secondary N) is 4. The lowest BCUT2D eigenvalue weighted by molar-refractivity contribution is 0.224. The van der Waals surface area contributed by atoms with E-state index in [4.69, 9.17) is 36.0 Å². The molecule has 3 atom stereocenters. The molecule has 2 rings (SSSR count). The summed E-state index contributed by atoms with van der Waals surface area (Å²) < 4.78 is 0. The molecule has 1 fully saturated rings. The summed E-state index contributed by atoms with van der Waals surface area (Å²) in [5.74, 6) is 1.33. The molecule has 0 aromatic heterocycles. The maximum Gasteiger partial charge on any atom is 0.189 e. The van der Waals surface area contributed by atoms with E-state index in [2.05, 4.69) is 35.3 Å². The van der Waals surface area contributed by atoms with Gasteiger partial charge in [0.15, 0.2) is 10.2 Å². The lowest BCUT2D eigenvalue weighted by Gasteiger charge is -2.35. The Labute approximate surface area is 160 Å². The molecule has 0 spiro atoms. The molecule has 1 aliphatic rings. The molecular formula is C17H25ClN4S2. The largest absolute Gasteiger partial charge is 0.358 e. The van der Waals surface area contributed by atoms with E-state index in [1.807, 2.05) is 25.1 Å². The zero-order valence-corrected chi connectivity index (χ0v) is 16.7. The molecule has 1 aromatic rings. The average molecular weight is 385 g/mol. The van der Waals surface area contributed by atoms with Crippen LogP contribution in [0.2, 0.25) is 5.02 Å². The van der Waals surface area contributed by atoms with Crippen LogP contribution in [-0.2, 0) is 0 Å². The summed E-state index contributed by atoms with van der Waals surface area (Å²) >= 11 is 16.8. The number of hydrazine groups is 1. The van der Waals surface area contributed by atoms with E-state index in [0.717, 1.165) is 23.6 Å². The molecule has 4 nitrogen and oxygen atoms in total. The molecule has 1 aliphatic carbocycles. The fraction of sp³-hybridized carbons (Fsp3) is 0.529. The van der Waals surface area contributed by atoms with Gasteiger partial charge in [-0.1, -0.05) is 44.4 Å². The van der Waals surface area contributed by atoms with Crippen LogP contribution in [0.4, 0.5) is 5.69 Å². The van der Waals surface area contributed by atoms with Crippen molar-refractivity contribution in [2.45, 2.75) is 46.1 Å². The Morgan fingerprint density at radius 1 is 1.12 bits per heavy atom. The number of anilines is 1. The minimum Gasteiger partial charge on any atom is -0.358 e. The predicted molar refractivity (Wildman–Crippen MR) is 110 cm³/mol. The van der Waals surface area contributed by atoms with Crippen LogP contribution in [0.15, 0.2) is 18.2 Å². The first kappa shape index (κ1) is 19.2. The third kappa shape index (κ3) is 5.19. The standard InChI is InChI=1S/C17H25ClN4S2/c1-10-6-4-8-14(11(10)2)19-16(23)21-22-17(24)20-15-9-5-7-13(18)12(15)3/h5,7,9-11,14H,4,6,8H2,1-3H3,(H2,19,21,23)(H2,20,22,24)/t10-,11+,14+/m1/s1. The highest BCUT2D eigenvalue weighted by Gasteiger charge is 2.27. The number of hydrogen-bond acceptors (Lipinski definition) is 2. The summed E-state index contributed by atoms with van der Waals surface area (Å²) in [5.41, 5.74) is 7.69. The molecule has 0 amide bonds. The van der Waals surface area contributed by atoms with Gasteiger partial charge in [0.25, 0.3) is 0 Å². The molecule has 132 valence electrons. The van der Waals surface area contributed by atoms with Crippen LogP contribution in [0.3, 0.4) is 0 Å². The van der Waals surface area contributed by atoms with Crippen molar-refractivity contribution in [2.75, 3.05) is 5.32 Å². The van der Waals surface area contributed by atoms with E-state index in [0.29, 0.717) is 27.2 Å². The van der Waals surface area contributed by atoms with E-state index in [1.54, 1.807) is 0 Å². The van der Waals surface area contributed by atoms with Gasteiger partial charge >= 0.3 is 0 Å². The summed E-state index contributed by atoms with van der Waals surface area (Å²) in [6, 6.07) is 6.07. The van der Waals surface area contributed by atoms with Gasteiger partial charge in [0.1, 0.15) is 0 Å². The van der Waals surface area contributed by atoms with Crippen molar-refractivity contribution < 1.29 is 0 Å². The Morgan fingerprint density at radius 3 is 2.58 bits per heavy atom. The number of halogens is 1. The Morgan fingerprint density at radius 2 is 1.83 bits per heavy atom. The van der Waals surface area contributed by atoms with Crippen LogP contribution < -0.4 is 21.5 Å². The van der Waals surface area contributed by atoms with E-state index >= 15 is 0 Å². The van der Waals surface area contributed by atoms with Gasteiger partial charge in [-0.3, -0.25) is 10.9 Å². The fourth-order valence-corrected chi connectivity index (χ4v) is 3.54. The van der Waals surface area contributed by atoms with Gasteiger partial charge in [0.2, 0.25) is 0 Å². The van der Waals surface area contributed by atoms with Crippen LogP contribution >= 0.6 is 36.0 Å². The molecule has 0 radical (unpaired) electrons. The zero-order chi connectivity index (χ0) is 17.7. The maximum absolute atomic E-state index is 6.11. The van der Waals surface area contributed by atoms with Gasteiger partial charge in [-0.2, -0.15) is 0 Å². The first-order valence-corrected chi connectivity index (χ1v) is 9.46. The molecule has 4 N–H and O–H groups in total. The Kier molecular flexibility index (Phi) is 7.07. The SMILES string of the molecule is Cc1c(Cl)cccc1NC(=S)NNC(=S)N[C@H]1CCC[C@@H](C)[C@@H]1C. The molecule has 0 heterocycles. The monoisotopic (exact) mass is 384 g/mol. The van der Waals surface area contributed by atoms with Gasteiger partial charge in [-0.05, 0) is 67.3 Å². The van der Waals surface area contributed by atoms with Crippen molar-refractivity contribution in [2.24, 2.45) is 11.8 Å². The highest BCUT2D eigenvalue weighted by atomic mass is 35.5. The second kappa shape index (κ2) is 8.83. The lowest BCUT2D eigenvalue weighted by Crippen LogP contribution is -2.53. The molecule has 0 unspecified atom stereocenters. The normalized spacial score (nSPS) is 23.2. The second-order valence-electron chi connectivity index (χ2n) is 6.46. The van der Waals surface area contributed by atoms with E-state index in [-0.39, 0.29) is 0 Å². The van der Waals surface area contributed by atoms with E-state index in [1.165, 1.54) is 12.8 Å². The van der Waals surface area contributed by atoms with Gasteiger partial charge in [-0.25, -0.2) is 0 Å². The minimum atomic E-state index is 0.409. The van der Waals surface area contributed by atoms with Crippen molar-refractivity contribution in [1.29, 1.82) is 0 Å². The fourth-order valence-electron chi connectivity index (χ4n) is 3.00. The molecule has 1 aromatic carbocycles. The number of rotatable bonds is 2. The number of benzene rings is 1. The van der Waals surface area contributed by atoms with Crippen molar-refractivity contribution in [3.8, 4) is 0 Å². The molecule has 0 bridgehead atoms. The average Bonchev–Trinajstić information content (AvgIpc) is 2.54. The molecule has 1 saturated carbocycles. The quantitative estimate of drug-likeness (QED) is 0.454. The van der Waals surface area contributed by atoms with Crippen molar-refractivity contribution >= 4 is 51.9 Å². The Bertz CT molecular complexity index is 608. The summed E-state index contributed by atoms with van der Waals surface area (Å²) in [6.07, 6.45) is 3.69. The van der Waals surface area contributed by atoms with Gasteiger partial charge in [0, 0.05) is 16.8 Å². The van der Waals surface area contributed by atoms with Crippen LogP contribution in [0.5, 0.6) is 0 Å². The molecular weight excluding hydrogens is 360 g/mol. The molecule has 24 heavy (non-hydrogen) atoms. The number of hydrogen-bond donors (Lipinski definition) is 4. The Hall–Kier alpha value is -1.11. The van der Waals surface area contributed by atoms with Crippen molar-refractivity contribution in [1.82, 2.24) is 16.2 Å². The van der Waals surface area contributed by atoms with Crippen LogP contribution in [0.25, 0.3) is 0 Å². The first-order chi connectivity index (χ1) is 11.4. The molecule has 0 aliphatic heterocycles. The third-order valence-electron chi connectivity index (χ3n) is 4.83. The van der Waals surface area contributed by atoms with E-state index in [9.17, 15) is 0 Å². The molecule has 0 saturated heterocycles. The highest BCUT2D eigenvalue weighted by molar-refractivity contribution is 7.80. The lowest BCUT2D eigenvalue weighted by atomic mass is 9.78. The topological polar surface area (TPSA) is 48.1 Å². The maximum atomic E-state index is 6.11. The zero-order valence-electron chi connectivity index (χ0n) is 14.3. The smallest absolute Gasteiger partial charge is 0.189 e. The first-order valence-electron chi connectivity index (χ1n) is 8.27. The minimum absolute atomic E-state index is 0.409. The summed E-state index contributed by atoms with van der Waals surface area (Å²) in [6.45, 7) is 6.53. The van der Waals surface area contributed by atoms with Crippen molar-refractivity contribution in [3.05, 3.63) is 28.8 Å². The Balaban J connectivity index is 1.79. The van der Waals surface area contributed by atoms with Gasteiger partial charge in [0.05, 0.1) is 0 Å².